The van der Waals surface area contributed by atoms with Crippen LogP contribution >= 0.6 is 0 Å². The molecule has 1 aromatic heterocycles. The van der Waals surface area contributed by atoms with E-state index in [0.717, 1.165) is 0 Å². The molecule has 0 saturated carbocycles. The Morgan fingerprint density at radius 3 is 2.73 bits per heavy atom. The van der Waals surface area contributed by atoms with Gasteiger partial charge >= 0.3 is 0 Å². The normalized spacial score (nSPS) is 8.45. The molecule has 0 spiro atoms. The molecule has 0 bridgehead atoms. The third-order valence-electron chi connectivity index (χ3n) is 1.24. The number of pyridine rings is 1. The molecule has 0 aliphatic heterocycles. The zero-order valence-corrected chi connectivity index (χ0v) is 6.75. The summed E-state index contributed by atoms with van der Waals surface area (Å²) in [6, 6.07) is 1.56. The van der Waals surface area contributed by atoms with Crippen molar-refractivity contribution < 1.29 is 26.9 Å². The predicted molar refractivity (Wildman–Crippen MR) is 34.7 cm³/mol. The molecule has 60 valence electrons. The van der Waals surface area contributed by atoms with Gasteiger partial charge < -0.3 is 17.5 Å². The monoisotopic (exact) mass is 173 g/mol. The van der Waals surface area contributed by atoms with E-state index in [1.165, 1.54) is 6.20 Å². The van der Waals surface area contributed by atoms with Crippen molar-refractivity contribution in [3.63, 3.8) is 0 Å². The van der Waals surface area contributed by atoms with Crippen molar-refractivity contribution in [2.75, 3.05) is 0 Å². The molecule has 0 atom stereocenters. The van der Waals surface area contributed by atoms with E-state index >= 15 is 0 Å². The summed E-state index contributed by atoms with van der Waals surface area (Å²) >= 11 is 0. The minimum absolute atomic E-state index is 0. The molecule has 3 nitrogen and oxygen atoms in total. The molecule has 1 aromatic rings. The number of aromatic nitrogens is 1. The van der Waals surface area contributed by atoms with Crippen LogP contribution < -0.4 is 17.0 Å². The molecule has 11 heavy (non-hydrogen) atoms. The van der Waals surface area contributed by atoms with Crippen molar-refractivity contribution >= 4 is 6.29 Å². The number of aromatic hydroxyl groups is 1. The van der Waals surface area contributed by atoms with Gasteiger partial charge in [0.15, 0.2) is 18.2 Å². The first-order chi connectivity index (χ1) is 4.74. The summed E-state index contributed by atoms with van der Waals surface area (Å²) in [5.74, 6) is 0.0139. The van der Waals surface area contributed by atoms with E-state index in [1.807, 2.05) is 0 Å². The van der Waals surface area contributed by atoms with E-state index in [0.29, 0.717) is 11.8 Å². The van der Waals surface area contributed by atoms with Crippen molar-refractivity contribution in [2.24, 2.45) is 7.05 Å². The Hall–Kier alpha value is -1.09. The molecule has 0 aliphatic carbocycles. The summed E-state index contributed by atoms with van der Waals surface area (Å²) in [4.78, 5) is 10.2. The minimum Gasteiger partial charge on any atom is -1.00 e. The average Bonchev–Trinajstić information content (AvgIpc) is 1.88. The molecule has 1 N–H and O–H groups in total. The molecule has 4 heteroatoms. The van der Waals surface area contributed by atoms with E-state index in [-0.39, 0.29) is 18.2 Å². The van der Waals surface area contributed by atoms with Crippen molar-refractivity contribution in [3.05, 3.63) is 24.0 Å². The Labute approximate surface area is 70.7 Å². The third-order valence-corrected chi connectivity index (χ3v) is 1.24. The fraction of sp³-hybridized carbons (Fsp3) is 0.143. The van der Waals surface area contributed by atoms with Gasteiger partial charge in [-0.1, -0.05) is 0 Å². The second kappa shape index (κ2) is 3.93. The second-order valence-electron chi connectivity index (χ2n) is 2.07. The van der Waals surface area contributed by atoms with Gasteiger partial charge in [-0.3, -0.25) is 4.79 Å². The zero-order valence-electron chi connectivity index (χ0n) is 5.99. The Morgan fingerprint density at radius 2 is 2.27 bits per heavy atom. The van der Waals surface area contributed by atoms with Gasteiger partial charge in [0.1, 0.15) is 7.05 Å². The lowest BCUT2D eigenvalue weighted by Crippen LogP contribution is -3.00. The molecule has 0 saturated heterocycles. The Bertz CT molecular complexity index is 263. The van der Waals surface area contributed by atoms with Crippen molar-refractivity contribution in [1.29, 1.82) is 0 Å². The summed E-state index contributed by atoms with van der Waals surface area (Å²) in [5.41, 5.74) is 0.318. The summed E-state index contributed by atoms with van der Waals surface area (Å²) < 4.78 is 1.67. The average molecular weight is 174 g/mol. The highest BCUT2D eigenvalue weighted by Gasteiger charge is 2.02. The van der Waals surface area contributed by atoms with E-state index in [9.17, 15) is 4.79 Å². The van der Waals surface area contributed by atoms with Gasteiger partial charge in [0.25, 0.3) is 0 Å². The maximum absolute atomic E-state index is 10.2. The first-order valence-electron chi connectivity index (χ1n) is 2.87. The first-order valence-corrected chi connectivity index (χ1v) is 2.87. The number of hydrogen-bond acceptors (Lipinski definition) is 2. The second-order valence-corrected chi connectivity index (χ2v) is 2.07. The fourth-order valence-corrected chi connectivity index (χ4v) is 0.693. The highest BCUT2D eigenvalue weighted by molar-refractivity contribution is 5.78. The van der Waals surface area contributed by atoms with Gasteiger partial charge in [-0.15, -0.1) is 0 Å². The summed E-state index contributed by atoms with van der Waals surface area (Å²) in [6.45, 7) is 0. The predicted octanol–water partition coefficient (Wildman–Crippen LogP) is -2.97. The quantitative estimate of drug-likeness (QED) is 0.364. The lowest BCUT2D eigenvalue weighted by Gasteiger charge is -1.91. The number of aldehydes is 1. The van der Waals surface area contributed by atoms with Crippen LogP contribution in [0, 0.1) is 0 Å². The van der Waals surface area contributed by atoms with Crippen LogP contribution in [0.4, 0.5) is 0 Å². The number of halogens is 1. The van der Waals surface area contributed by atoms with Crippen LogP contribution in [0.1, 0.15) is 10.4 Å². The molecule has 0 aliphatic rings. The summed E-state index contributed by atoms with van der Waals surface area (Å²) in [5, 5.41) is 9.04. The van der Waals surface area contributed by atoms with Crippen LogP contribution in [0.2, 0.25) is 0 Å². The van der Waals surface area contributed by atoms with E-state index < -0.39 is 0 Å². The molecule has 0 aromatic carbocycles. The number of hydrogen-bond donors (Lipinski definition) is 1. The van der Waals surface area contributed by atoms with Gasteiger partial charge in [-0.25, -0.2) is 4.57 Å². The zero-order chi connectivity index (χ0) is 7.56. The third kappa shape index (κ3) is 2.20. The summed E-state index contributed by atoms with van der Waals surface area (Å²) in [7, 11) is 1.77. The van der Waals surface area contributed by atoms with Gasteiger partial charge in [-0.05, 0) is 0 Å². The van der Waals surface area contributed by atoms with Gasteiger partial charge in [-0.2, -0.15) is 0 Å². The number of carbonyl (C=O) groups excluding carboxylic acids is 1. The largest absolute Gasteiger partial charge is 1.00 e. The van der Waals surface area contributed by atoms with Crippen LogP contribution in [-0.4, -0.2) is 11.4 Å². The maximum atomic E-state index is 10.2. The van der Waals surface area contributed by atoms with E-state index in [2.05, 4.69) is 0 Å². The van der Waals surface area contributed by atoms with Crippen LogP contribution in [0.3, 0.4) is 0 Å². The number of nitrogens with zero attached hydrogens (tertiary/aromatic N) is 1. The van der Waals surface area contributed by atoms with Gasteiger partial charge in [0, 0.05) is 6.07 Å². The van der Waals surface area contributed by atoms with Crippen molar-refractivity contribution in [1.82, 2.24) is 0 Å². The minimum atomic E-state index is 0. The first kappa shape index (κ1) is 9.91. The fourth-order valence-electron chi connectivity index (χ4n) is 0.693. The summed E-state index contributed by atoms with van der Waals surface area (Å²) in [6.07, 6.45) is 3.79. The lowest BCUT2D eigenvalue weighted by atomic mass is 10.3. The van der Waals surface area contributed by atoms with Crippen molar-refractivity contribution in [2.45, 2.75) is 0 Å². The molecule has 0 amide bonds. The lowest BCUT2D eigenvalue weighted by molar-refractivity contribution is -0.671. The Morgan fingerprint density at radius 1 is 1.64 bits per heavy atom. The number of carbonyl (C=O) groups is 1. The van der Waals surface area contributed by atoms with Gasteiger partial charge in [0.05, 0.1) is 5.56 Å². The molecule has 0 radical (unpaired) electrons. The molecule has 1 rings (SSSR count). The van der Waals surface area contributed by atoms with Crippen LogP contribution in [0.25, 0.3) is 0 Å². The van der Waals surface area contributed by atoms with E-state index in [4.69, 9.17) is 5.11 Å². The Balaban J connectivity index is 0.000001000. The smallest absolute Gasteiger partial charge is 0.211 e. The molecule has 0 unspecified atom stereocenters. The van der Waals surface area contributed by atoms with Gasteiger partial charge in [0.2, 0.25) is 6.20 Å². The molecule has 1 heterocycles. The van der Waals surface area contributed by atoms with Crippen LogP contribution in [0.5, 0.6) is 5.75 Å². The highest BCUT2D eigenvalue weighted by atomic mass is 35.5. The number of aryl methyl sites for hydroxylation is 1. The molecular formula is C7H8ClNO2. The number of rotatable bonds is 1. The van der Waals surface area contributed by atoms with Crippen molar-refractivity contribution in [3.8, 4) is 5.75 Å². The highest BCUT2D eigenvalue weighted by Crippen LogP contribution is 2.08. The van der Waals surface area contributed by atoms with Crippen LogP contribution in [-0.2, 0) is 7.05 Å². The standard InChI is InChI=1S/C7H7NO2.ClH/c1-8-3-2-6(5-9)7(10)4-8;/h2-5H,1H3;1H. The maximum Gasteiger partial charge on any atom is 0.211 e. The topological polar surface area (TPSA) is 41.2 Å². The molecular weight excluding hydrogens is 166 g/mol. The molecule has 0 fully saturated rings. The van der Waals surface area contributed by atoms with E-state index in [1.54, 1.807) is 23.9 Å². The van der Waals surface area contributed by atoms with Crippen LogP contribution in [0.15, 0.2) is 18.5 Å². The Kier molecular flexibility index (Phi) is 3.54. The SMILES string of the molecule is C[n+]1ccc(C=O)c(O)c1.[Cl-].